The largest absolute Gasteiger partial charge is 0.496 e. The molecule has 0 radical (unpaired) electrons. The lowest BCUT2D eigenvalue weighted by atomic mass is 9.96. The molecule has 2 aromatic carbocycles. The number of methoxy groups -OCH3 is 1. The molecule has 2 aromatic rings. The Kier molecular flexibility index (Phi) is 5.42. The molecule has 0 fully saturated rings. The molecule has 0 saturated carbocycles. The maximum atomic E-state index is 13.2. The number of benzene rings is 2. The van der Waals surface area contributed by atoms with Crippen LogP contribution in [-0.2, 0) is 16.1 Å². The van der Waals surface area contributed by atoms with E-state index >= 15 is 0 Å². The molecule has 1 aliphatic heterocycles. The van der Waals surface area contributed by atoms with Gasteiger partial charge in [-0.2, -0.15) is 0 Å². The first-order chi connectivity index (χ1) is 13.2. The fourth-order valence-electron chi connectivity index (χ4n) is 3.58. The van der Waals surface area contributed by atoms with E-state index < -0.39 is 5.54 Å². The fourth-order valence-corrected chi connectivity index (χ4v) is 3.58. The topological polar surface area (TPSA) is 61.9 Å². The molecule has 6 nitrogen and oxygen atoms in total. The summed E-state index contributed by atoms with van der Waals surface area (Å²) in [6, 6.07) is 13.4. The summed E-state index contributed by atoms with van der Waals surface area (Å²) in [6.45, 7) is 6.31. The lowest BCUT2D eigenvalue weighted by molar-refractivity contribution is -0.127. The van der Waals surface area contributed by atoms with Gasteiger partial charge in [0.15, 0.2) is 0 Å². The highest BCUT2D eigenvalue weighted by atomic mass is 16.5. The minimum absolute atomic E-state index is 0.124. The fraction of sp³-hybridized carbons (Fsp3) is 0.364. The number of carbonyl (C=O) groups excluding carboxylic acids is 2. The van der Waals surface area contributed by atoms with Gasteiger partial charge < -0.3 is 10.1 Å². The highest BCUT2D eigenvalue weighted by Gasteiger charge is 2.43. The van der Waals surface area contributed by atoms with Crippen LogP contribution in [0.4, 0.5) is 11.4 Å². The van der Waals surface area contributed by atoms with Crippen LogP contribution in [-0.4, -0.2) is 43.0 Å². The third-order valence-electron chi connectivity index (χ3n) is 5.04. The number of rotatable bonds is 5. The number of fused-ring (bicyclic) bond motifs is 1. The third kappa shape index (κ3) is 3.73. The summed E-state index contributed by atoms with van der Waals surface area (Å²) >= 11 is 0. The smallest absolute Gasteiger partial charge is 0.250 e. The molecule has 0 aromatic heterocycles. The SMILES string of the molecule is COc1ccc(C)cc1CN(C)CC(=O)N1c2ccccc2NC(=O)C1(C)C. The van der Waals surface area contributed by atoms with Crippen LogP contribution in [0.1, 0.15) is 25.0 Å². The van der Waals surface area contributed by atoms with Gasteiger partial charge in [-0.1, -0.05) is 29.8 Å². The molecule has 2 amide bonds. The zero-order valence-corrected chi connectivity index (χ0v) is 17.1. The molecule has 148 valence electrons. The average Bonchev–Trinajstić information content (AvgIpc) is 2.62. The normalized spacial score (nSPS) is 15.2. The number of anilines is 2. The van der Waals surface area contributed by atoms with Gasteiger partial charge in [-0.05, 0) is 46.0 Å². The number of aryl methyl sites for hydroxylation is 1. The molecule has 0 aliphatic carbocycles. The van der Waals surface area contributed by atoms with E-state index in [4.69, 9.17) is 4.74 Å². The lowest BCUT2D eigenvalue weighted by Gasteiger charge is -2.42. The second-order valence-corrected chi connectivity index (χ2v) is 7.75. The maximum absolute atomic E-state index is 13.2. The van der Waals surface area contributed by atoms with Crippen molar-refractivity contribution in [1.29, 1.82) is 0 Å². The second-order valence-electron chi connectivity index (χ2n) is 7.75. The Morgan fingerprint density at radius 3 is 2.64 bits per heavy atom. The summed E-state index contributed by atoms with van der Waals surface area (Å²) in [7, 11) is 3.54. The van der Waals surface area contributed by atoms with Gasteiger partial charge in [0.05, 0.1) is 25.0 Å². The van der Waals surface area contributed by atoms with E-state index in [0.717, 1.165) is 22.6 Å². The van der Waals surface area contributed by atoms with Gasteiger partial charge in [0, 0.05) is 12.1 Å². The first kappa shape index (κ1) is 19.9. The molecule has 0 atom stereocenters. The van der Waals surface area contributed by atoms with E-state index in [1.54, 1.807) is 25.9 Å². The van der Waals surface area contributed by atoms with Crippen molar-refractivity contribution in [2.24, 2.45) is 0 Å². The predicted molar refractivity (Wildman–Crippen MR) is 111 cm³/mol. The minimum Gasteiger partial charge on any atom is -0.496 e. The van der Waals surface area contributed by atoms with Gasteiger partial charge in [0.1, 0.15) is 11.3 Å². The quantitative estimate of drug-likeness (QED) is 0.864. The van der Waals surface area contributed by atoms with E-state index in [0.29, 0.717) is 12.2 Å². The van der Waals surface area contributed by atoms with Gasteiger partial charge in [-0.25, -0.2) is 0 Å². The summed E-state index contributed by atoms with van der Waals surface area (Å²) in [6.07, 6.45) is 0. The van der Waals surface area contributed by atoms with Crippen LogP contribution in [0, 0.1) is 6.92 Å². The van der Waals surface area contributed by atoms with Crippen LogP contribution in [0.15, 0.2) is 42.5 Å². The van der Waals surface area contributed by atoms with E-state index in [1.807, 2.05) is 55.3 Å². The summed E-state index contributed by atoms with van der Waals surface area (Å²) in [4.78, 5) is 29.3. The van der Waals surface area contributed by atoms with Crippen molar-refractivity contribution in [2.75, 3.05) is 30.9 Å². The Bertz CT molecular complexity index is 908. The summed E-state index contributed by atoms with van der Waals surface area (Å²) in [5.74, 6) is 0.483. The molecule has 1 heterocycles. The summed E-state index contributed by atoms with van der Waals surface area (Å²) in [5.41, 5.74) is 2.57. The molecular weight excluding hydrogens is 354 g/mol. The number of nitrogens with one attached hydrogen (secondary N) is 1. The van der Waals surface area contributed by atoms with Crippen LogP contribution < -0.4 is 15.0 Å². The Balaban J connectivity index is 1.82. The highest BCUT2D eigenvalue weighted by molar-refractivity contribution is 6.14. The van der Waals surface area contributed by atoms with E-state index in [9.17, 15) is 9.59 Å². The van der Waals surface area contributed by atoms with E-state index in [-0.39, 0.29) is 18.4 Å². The Hall–Kier alpha value is -2.86. The first-order valence-corrected chi connectivity index (χ1v) is 9.29. The molecule has 28 heavy (non-hydrogen) atoms. The Labute approximate surface area is 166 Å². The molecular formula is C22H27N3O3. The van der Waals surface area contributed by atoms with Crippen molar-refractivity contribution in [3.8, 4) is 5.75 Å². The highest BCUT2D eigenvalue weighted by Crippen LogP contribution is 2.36. The van der Waals surface area contributed by atoms with Crippen LogP contribution in [0.3, 0.4) is 0 Å². The number of likely N-dealkylation sites (N-methyl/N-ethyl adjacent to an activating group) is 1. The number of carbonyl (C=O) groups is 2. The number of amides is 2. The number of nitrogens with zero attached hydrogens (tertiary/aromatic N) is 2. The van der Waals surface area contributed by atoms with Crippen LogP contribution >= 0.6 is 0 Å². The van der Waals surface area contributed by atoms with Gasteiger partial charge in [0.2, 0.25) is 11.8 Å². The Morgan fingerprint density at radius 2 is 1.93 bits per heavy atom. The van der Waals surface area contributed by atoms with Crippen LogP contribution in [0.5, 0.6) is 5.75 Å². The van der Waals surface area contributed by atoms with Crippen molar-refractivity contribution >= 4 is 23.2 Å². The van der Waals surface area contributed by atoms with Crippen molar-refractivity contribution < 1.29 is 14.3 Å². The standard InChI is InChI=1S/C22H27N3O3/c1-15-10-11-19(28-5)16(12-15)13-24(4)14-20(26)25-18-9-7-6-8-17(18)23-21(27)22(25,2)3/h6-12H,13-14H2,1-5H3,(H,23,27). The lowest BCUT2D eigenvalue weighted by Crippen LogP contribution is -2.60. The Morgan fingerprint density at radius 1 is 1.21 bits per heavy atom. The predicted octanol–water partition coefficient (Wildman–Crippen LogP) is 3.20. The zero-order valence-electron chi connectivity index (χ0n) is 17.1. The van der Waals surface area contributed by atoms with Crippen molar-refractivity contribution in [1.82, 2.24) is 4.90 Å². The average molecular weight is 381 g/mol. The number of hydrogen-bond acceptors (Lipinski definition) is 4. The van der Waals surface area contributed by atoms with Gasteiger partial charge in [-0.15, -0.1) is 0 Å². The number of hydrogen-bond donors (Lipinski definition) is 1. The van der Waals surface area contributed by atoms with Crippen molar-refractivity contribution in [2.45, 2.75) is 32.9 Å². The molecule has 0 unspecified atom stereocenters. The molecule has 6 heteroatoms. The van der Waals surface area contributed by atoms with Gasteiger partial charge in [-0.3, -0.25) is 19.4 Å². The molecule has 0 bridgehead atoms. The molecule has 0 saturated heterocycles. The van der Waals surface area contributed by atoms with Gasteiger partial charge >= 0.3 is 0 Å². The third-order valence-corrected chi connectivity index (χ3v) is 5.04. The van der Waals surface area contributed by atoms with Gasteiger partial charge in [0.25, 0.3) is 0 Å². The summed E-state index contributed by atoms with van der Waals surface area (Å²) < 4.78 is 5.44. The van der Waals surface area contributed by atoms with Crippen LogP contribution in [0.2, 0.25) is 0 Å². The molecule has 3 rings (SSSR count). The second kappa shape index (κ2) is 7.64. The molecule has 1 aliphatic rings. The summed E-state index contributed by atoms with van der Waals surface area (Å²) in [5, 5.41) is 2.89. The number of ether oxygens (including phenoxy) is 1. The van der Waals surface area contributed by atoms with Crippen LogP contribution in [0.25, 0.3) is 0 Å². The maximum Gasteiger partial charge on any atom is 0.250 e. The molecule has 0 spiro atoms. The monoisotopic (exact) mass is 381 g/mol. The first-order valence-electron chi connectivity index (χ1n) is 9.29. The molecule has 1 N–H and O–H groups in total. The van der Waals surface area contributed by atoms with E-state index in [1.165, 1.54) is 0 Å². The van der Waals surface area contributed by atoms with Crippen molar-refractivity contribution in [3.05, 3.63) is 53.6 Å². The van der Waals surface area contributed by atoms with E-state index in [2.05, 4.69) is 11.4 Å². The minimum atomic E-state index is -0.965. The van der Waals surface area contributed by atoms with Crippen molar-refractivity contribution in [3.63, 3.8) is 0 Å². The number of para-hydroxylation sites is 2. The zero-order chi connectivity index (χ0) is 20.5.